The molecule has 0 saturated carbocycles. The molecular formula is C28H55N. The number of hydrogen-bond donors (Lipinski definition) is 0. The molecule has 0 aromatic heterocycles. The lowest BCUT2D eigenvalue weighted by atomic mass is 9.92. The molecule has 1 saturated heterocycles. The maximum Gasteiger partial charge on any atom is 0.00500 e. The van der Waals surface area contributed by atoms with Crippen molar-refractivity contribution in [3.05, 3.63) is 48.1 Å². The topological polar surface area (TPSA) is 3.24 Å². The molecule has 1 heteroatoms. The average molecular weight is 406 g/mol. The lowest BCUT2D eigenvalue weighted by Crippen LogP contribution is -2.21. The largest absolute Gasteiger partial charge is 0.302 e. The molecule has 0 aromatic carbocycles. The van der Waals surface area contributed by atoms with Crippen LogP contribution in [0.25, 0.3) is 0 Å². The van der Waals surface area contributed by atoms with E-state index in [4.69, 9.17) is 0 Å². The molecule has 2 atom stereocenters. The second-order valence-corrected chi connectivity index (χ2v) is 8.77. The van der Waals surface area contributed by atoms with Gasteiger partial charge in [0.25, 0.3) is 0 Å². The first-order valence-electron chi connectivity index (χ1n) is 11.8. The molecule has 29 heavy (non-hydrogen) atoms. The van der Waals surface area contributed by atoms with Crippen LogP contribution in [0.3, 0.4) is 0 Å². The first kappa shape index (κ1) is 32.6. The monoisotopic (exact) mass is 405 g/mol. The van der Waals surface area contributed by atoms with Gasteiger partial charge in [-0.25, -0.2) is 0 Å². The molecule has 172 valence electrons. The fourth-order valence-electron chi connectivity index (χ4n) is 3.59. The van der Waals surface area contributed by atoms with Crippen LogP contribution in [0.1, 0.15) is 95.4 Å². The third-order valence-corrected chi connectivity index (χ3v) is 4.93. The predicted octanol–water partition coefficient (Wildman–Crippen LogP) is 9.09. The van der Waals surface area contributed by atoms with Crippen LogP contribution in [0.5, 0.6) is 0 Å². The van der Waals surface area contributed by atoms with Crippen molar-refractivity contribution in [2.75, 3.05) is 19.6 Å². The van der Waals surface area contributed by atoms with E-state index in [-0.39, 0.29) is 0 Å². The molecule has 0 bridgehead atoms. The normalized spacial score (nSPS) is 17.7. The first-order valence-corrected chi connectivity index (χ1v) is 11.8. The van der Waals surface area contributed by atoms with Crippen LogP contribution in [-0.4, -0.2) is 24.5 Å². The highest BCUT2D eigenvalue weighted by molar-refractivity contribution is 5.38. The van der Waals surface area contributed by atoms with Crippen molar-refractivity contribution in [1.29, 1.82) is 0 Å². The Hall–Kier alpha value is -1.08. The minimum absolute atomic E-state index is 0.747. The minimum Gasteiger partial charge on any atom is -0.302 e. The molecule has 0 aliphatic carbocycles. The van der Waals surface area contributed by atoms with Crippen molar-refractivity contribution in [2.24, 2.45) is 17.8 Å². The predicted molar refractivity (Wildman–Crippen MR) is 139 cm³/mol. The molecule has 0 radical (unpaired) electrons. The van der Waals surface area contributed by atoms with E-state index >= 15 is 0 Å². The van der Waals surface area contributed by atoms with Gasteiger partial charge in [0.05, 0.1) is 0 Å². The SMILES string of the molecule is C=C(C)[C@@H]1CN(CCC)CC1C.C=CC(C(=C)C)=C(C)C.CC.CCCC(C)C. The van der Waals surface area contributed by atoms with E-state index in [1.807, 2.05) is 26.8 Å². The van der Waals surface area contributed by atoms with Crippen LogP contribution in [-0.2, 0) is 0 Å². The Morgan fingerprint density at radius 1 is 1.00 bits per heavy atom. The minimum atomic E-state index is 0.747. The zero-order chi connectivity index (χ0) is 23.6. The Bertz CT molecular complexity index is 463. The van der Waals surface area contributed by atoms with E-state index < -0.39 is 0 Å². The first-order chi connectivity index (χ1) is 13.5. The van der Waals surface area contributed by atoms with Crippen molar-refractivity contribution in [2.45, 2.75) is 95.4 Å². The van der Waals surface area contributed by atoms with E-state index in [0.717, 1.165) is 23.3 Å². The van der Waals surface area contributed by atoms with Gasteiger partial charge >= 0.3 is 0 Å². The van der Waals surface area contributed by atoms with Gasteiger partial charge in [0, 0.05) is 13.1 Å². The molecule has 0 aromatic rings. The van der Waals surface area contributed by atoms with E-state index in [0.29, 0.717) is 0 Å². The Morgan fingerprint density at radius 3 is 1.69 bits per heavy atom. The zero-order valence-corrected chi connectivity index (χ0v) is 22.1. The highest BCUT2D eigenvalue weighted by Gasteiger charge is 2.28. The van der Waals surface area contributed by atoms with Crippen LogP contribution in [0.15, 0.2) is 48.1 Å². The molecule has 1 heterocycles. The summed E-state index contributed by atoms with van der Waals surface area (Å²) in [4.78, 5) is 2.56. The Balaban J connectivity index is -0.000000354. The maximum atomic E-state index is 4.06. The van der Waals surface area contributed by atoms with E-state index in [9.17, 15) is 0 Å². The zero-order valence-electron chi connectivity index (χ0n) is 22.1. The summed E-state index contributed by atoms with van der Waals surface area (Å²) in [5.74, 6) is 2.46. The number of hydrogen-bond acceptors (Lipinski definition) is 1. The van der Waals surface area contributed by atoms with Gasteiger partial charge in [0.2, 0.25) is 0 Å². The molecule has 1 aliphatic rings. The fourth-order valence-corrected chi connectivity index (χ4v) is 3.59. The van der Waals surface area contributed by atoms with Crippen LogP contribution in [0.2, 0.25) is 0 Å². The number of nitrogens with zero attached hydrogens (tertiary/aromatic N) is 1. The average Bonchev–Trinajstić information content (AvgIpc) is 2.98. The molecule has 1 rings (SSSR count). The highest BCUT2D eigenvalue weighted by Crippen LogP contribution is 2.27. The second kappa shape index (κ2) is 20.2. The quantitative estimate of drug-likeness (QED) is 0.301. The van der Waals surface area contributed by atoms with E-state index in [1.54, 1.807) is 0 Å². The number of likely N-dealkylation sites (tertiary alicyclic amines) is 1. The van der Waals surface area contributed by atoms with E-state index in [1.165, 1.54) is 55.6 Å². The van der Waals surface area contributed by atoms with Crippen molar-refractivity contribution < 1.29 is 0 Å². The molecule has 1 nitrogen and oxygen atoms in total. The Labute approximate surface area is 186 Å². The lowest BCUT2D eigenvalue weighted by molar-refractivity contribution is 0.325. The fraction of sp³-hybridized carbons (Fsp3) is 0.714. The second-order valence-electron chi connectivity index (χ2n) is 8.77. The summed E-state index contributed by atoms with van der Waals surface area (Å²) in [5.41, 5.74) is 4.90. The summed E-state index contributed by atoms with van der Waals surface area (Å²) < 4.78 is 0. The van der Waals surface area contributed by atoms with Gasteiger partial charge in [-0.3, -0.25) is 0 Å². The summed E-state index contributed by atoms with van der Waals surface area (Å²) in [6.07, 6.45) is 5.82. The third-order valence-electron chi connectivity index (χ3n) is 4.93. The molecule has 0 N–H and O–H groups in total. The van der Waals surface area contributed by atoms with Crippen LogP contribution in [0, 0.1) is 17.8 Å². The van der Waals surface area contributed by atoms with Crippen molar-refractivity contribution in [1.82, 2.24) is 4.90 Å². The molecule has 0 amide bonds. The van der Waals surface area contributed by atoms with Crippen LogP contribution in [0.4, 0.5) is 0 Å². The smallest absolute Gasteiger partial charge is 0.00500 e. The molecule has 1 aliphatic heterocycles. The molecule has 1 unspecified atom stereocenters. The van der Waals surface area contributed by atoms with Crippen molar-refractivity contribution in [3.8, 4) is 0 Å². The van der Waals surface area contributed by atoms with Crippen LogP contribution < -0.4 is 0 Å². The van der Waals surface area contributed by atoms with Gasteiger partial charge in [-0.15, -0.1) is 0 Å². The summed E-state index contributed by atoms with van der Waals surface area (Å²) in [5, 5.41) is 0. The molecule has 0 spiro atoms. The highest BCUT2D eigenvalue weighted by atomic mass is 15.1. The third kappa shape index (κ3) is 17.5. The van der Waals surface area contributed by atoms with Gasteiger partial charge in [-0.05, 0) is 64.0 Å². The van der Waals surface area contributed by atoms with Gasteiger partial charge in [0.1, 0.15) is 0 Å². The van der Waals surface area contributed by atoms with Gasteiger partial charge in [0.15, 0.2) is 0 Å². The van der Waals surface area contributed by atoms with Gasteiger partial charge < -0.3 is 4.90 Å². The summed E-state index contributed by atoms with van der Waals surface area (Å²) in [7, 11) is 0. The Morgan fingerprint density at radius 2 is 1.52 bits per heavy atom. The van der Waals surface area contributed by atoms with Gasteiger partial charge in [-0.2, -0.15) is 0 Å². The molecule has 1 fully saturated rings. The molecular weight excluding hydrogens is 350 g/mol. The number of allylic oxidation sites excluding steroid dienone is 4. The van der Waals surface area contributed by atoms with Gasteiger partial charge in [-0.1, -0.05) is 104 Å². The Kier molecular flexibility index (Phi) is 22.7. The summed E-state index contributed by atoms with van der Waals surface area (Å²) in [6.45, 7) is 38.9. The van der Waals surface area contributed by atoms with E-state index in [2.05, 4.69) is 80.0 Å². The summed E-state index contributed by atoms with van der Waals surface area (Å²) >= 11 is 0. The maximum absolute atomic E-state index is 4.06. The summed E-state index contributed by atoms with van der Waals surface area (Å²) in [6, 6.07) is 0. The van der Waals surface area contributed by atoms with Crippen molar-refractivity contribution in [3.63, 3.8) is 0 Å². The van der Waals surface area contributed by atoms with Crippen molar-refractivity contribution >= 4 is 0 Å². The van der Waals surface area contributed by atoms with Crippen LogP contribution >= 0.6 is 0 Å². The standard InChI is InChI=1S/C11H21N.C9H14.C6H14.C2H6/c1-5-6-12-7-10(4)11(8-12)9(2)3;1-6-9(7(2)3)8(4)5;1-4-5-6(2)3;1-2/h10-11H,2,5-8H2,1,3-4H3;6H,1-2H2,3-5H3;6H,4-5H2,1-3H3;1-2H3/t10?,11-;;;/m0.../s1. The lowest BCUT2D eigenvalue weighted by Gasteiger charge is -2.14. The number of rotatable bonds is 7.